The predicted molar refractivity (Wildman–Crippen MR) is 62.2 cm³/mol. The van der Waals surface area contributed by atoms with Crippen molar-refractivity contribution in [1.29, 1.82) is 0 Å². The molecule has 88 valence electrons. The molecule has 0 heterocycles. The third-order valence-corrected chi connectivity index (χ3v) is 4.09. The average Bonchev–Trinajstić information content (AvgIpc) is 2.00. The first-order chi connectivity index (χ1) is 6.73. The molecule has 3 heteroatoms. The number of aliphatic carboxylic acids is 1. The van der Waals surface area contributed by atoms with Crippen molar-refractivity contribution in [3.05, 3.63) is 0 Å². The van der Waals surface area contributed by atoms with Crippen LogP contribution in [0.15, 0.2) is 0 Å². The van der Waals surface area contributed by atoms with Crippen molar-refractivity contribution >= 4 is 17.6 Å². The molecule has 1 saturated carbocycles. The van der Waals surface area contributed by atoms with E-state index >= 15 is 0 Å². The number of rotatable bonds is 2. The van der Waals surface area contributed by atoms with E-state index in [0.717, 1.165) is 25.7 Å². The van der Waals surface area contributed by atoms with Gasteiger partial charge in [0.1, 0.15) is 0 Å². The van der Waals surface area contributed by atoms with Gasteiger partial charge in [0.05, 0.1) is 11.3 Å². The van der Waals surface area contributed by atoms with E-state index in [0.29, 0.717) is 11.3 Å². The molecule has 0 bridgehead atoms. The molecule has 1 aliphatic carbocycles. The lowest BCUT2D eigenvalue weighted by atomic mass is 9.69. The second-order valence-electron chi connectivity index (χ2n) is 5.86. The van der Waals surface area contributed by atoms with Gasteiger partial charge in [-0.25, -0.2) is 0 Å². The minimum atomic E-state index is -0.779. The zero-order chi connectivity index (χ0) is 11.7. The number of hydrogen-bond acceptors (Lipinski definition) is 1. The number of halogens is 1. The molecule has 0 aliphatic heterocycles. The number of hydrogen-bond donors (Lipinski definition) is 1. The monoisotopic (exact) mass is 232 g/mol. The van der Waals surface area contributed by atoms with Crippen LogP contribution in [0.3, 0.4) is 0 Å². The van der Waals surface area contributed by atoms with E-state index in [4.69, 9.17) is 16.7 Å². The van der Waals surface area contributed by atoms with Gasteiger partial charge in [-0.15, -0.1) is 11.6 Å². The highest BCUT2D eigenvalue weighted by Gasteiger charge is 2.38. The molecule has 0 amide bonds. The van der Waals surface area contributed by atoms with Crippen molar-refractivity contribution in [2.75, 3.05) is 0 Å². The third-order valence-electron chi connectivity index (χ3n) is 3.57. The first-order valence-electron chi connectivity index (χ1n) is 5.64. The maximum Gasteiger partial charge on any atom is 0.305 e. The van der Waals surface area contributed by atoms with Gasteiger partial charge >= 0.3 is 5.97 Å². The predicted octanol–water partition coefficient (Wildman–Crippen LogP) is 3.68. The molecule has 2 nitrogen and oxygen atoms in total. The van der Waals surface area contributed by atoms with E-state index in [-0.39, 0.29) is 6.42 Å². The van der Waals surface area contributed by atoms with Crippen LogP contribution >= 0.6 is 11.6 Å². The Bertz CT molecular complexity index is 234. The summed E-state index contributed by atoms with van der Waals surface area (Å²) in [4.78, 5) is 10.2. The molecule has 1 N–H and O–H groups in total. The maximum atomic E-state index is 10.7. The van der Waals surface area contributed by atoms with Gasteiger partial charge in [-0.3, -0.25) is 4.79 Å². The Balaban J connectivity index is 2.51. The first-order valence-corrected chi connectivity index (χ1v) is 6.01. The Hall–Kier alpha value is -0.240. The van der Waals surface area contributed by atoms with Crippen LogP contribution in [-0.2, 0) is 4.79 Å². The summed E-state index contributed by atoms with van der Waals surface area (Å²) in [6.45, 7) is 6.74. The van der Waals surface area contributed by atoms with Crippen molar-refractivity contribution < 1.29 is 9.90 Å². The Morgan fingerprint density at radius 1 is 1.40 bits per heavy atom. The molecule has 1 aliphatic rings. The molecule has 0 aromatic rings. The van der Waals surface area contributed by atoms with Crippen LogP contribution in [0.1, 0.15) is 52.9 Å². The summed E-state index contributed by atoms with van der Waals surface area (Å²) in [7, 11) is 0. The van der Waals surface area contributed by atoms with Crippen LogP contribution in [0.25, 0.3) is 0 Å². The summed E-state index contributed by atoms with van der Waals surface area (Å²) in [6.07, 6.45) is 3.89. The van der Waals surface area contributed by atoms with Crippen molar-refractivity contribution in [3.63, 3.8) is 0 Å². The SMILES string of the molecule is CC(C)(C)C1CCC(Cl)(CC(=O)O)CC1. The van der Waals surface area contributed by atoms with E-state index in [1.165, 1.54) is 0 Å². The second-order valence-corrected chi connectivity index (χ2v) is 6.66. The summed E-state index contributed by atoms with van der Waals surface area (Å²) < 4.78 is 0. The van der Waals surface area contributed by atoms with E-state index in [9.17, 15) is 4.79 Å². The summed E-state index contributed by atoms with van der Waals surface area (Å²) in [5.41, 5.74) is 0.321. The Labute approximate surface area is 97.0 Å². The van der Waals surface area contributed by atoms with E-state index < -0.39 is 10.8 Å². The lowest BCUT2D eigenvalue weighted by molar-refractivity contribution is -0.138. The fourth-order valence-electron chi connectivity index (χ4n) is 2.45. The normalized spacial score (nSPS) is 32.7. The van der Waals surface area contributed by atoms with Gasteiger partial charge in [0.25, 0.3) is 0 Å². The van der Waals surface area contributed by atoms with Crippen LogP contribution < -0.4 is 0 Å². The van der Waals surface area contributed by atoms with E-state index in [1.54, 1.807) is 0 Å². The van der Waals surface area contributed by atoms with Crippen LogP contribution in [-0.4, -0.2) is 16.0 Å². The van der Waals surface area contributed by atoms with Gasteiger partial charge in [0.2, 0.25) is 0 Å². The zero-order valence-electron chi connectivity index (χ0n) is 9.85. The van der Waals surface area contributed by atoms with Crippen LogP contribution in [0, 0.1) is 11.3 Å². The molecule has 0 atom stereocenters. The number of carbonyl (C=O) groups is 1. The molecule has 0 aromatic heterocycles. The molecule has 0 radical (unpaired) electrons. The molecule has 0 unspecified atom stereocenters. The van der Waals surface area contributed by atoms with E-state index in [2.05, 4.69) is 20.8 Å². The van der Waals surface area contributed by atoms with Crippen molar-refractivity contribution in [1.82, 2.24) is 0 Å². The smallest absolute Gasteiger partial charge is 0.305 e. The highest BCUT2D eigenvalue weighted by molar-refractivity contribution is 6.25. The number of carboxylic acid groups (broad SMARTS) is 1. The van der Waals surface area contributed by atoms with Gasteiger partial charge in [0, 0.05) is 0 Å². The molecular weight excluding hydrogens is 212 g/mol. The minimum absolute atomic E-state index is 0.103. The molecule has 1 fully saturated rings. The summed E-state index contributed by atoms with van der Waals surface area (Å²) >= 11 is 6.30. The maximum absolute atomic E-state index is 10.7. The van der Waals surface area contributed by atoms with Gasteiger partial charge in [-0.1, -0.05) is 20.8 Å². The molecular formula is C12H21ClO2. The second kappa shape index (κ2) is 4.32. The summed E-state index contributed by atoms with van der Waals surface area (Å²) in [5.74, 6) is -0.0996. The third kappa shape index (κ3) is 3.67. The first kappa shape index (κ1) is 12.8. The molecule has 15 heavy (non-hydrogen) atoms. The van der Waals surface area contributed by atoms with Gasteiger partial charge in [-0.2, -0.15) is 0 Å². The highest BCUT2D eigenvalue weighted by Crippen LogP contribution is 2.45. The molecule has 1 rings (SSSR count). The molecule has 0 spiro atoms. The summed E-state index contributed by atoms with van der Waals surface area (Å²) in [6, 6.07) is 0. The highest BCUT2D eigenvalue weighted by atomic mass is 35.5. The number of alkyl halides is 1. The van der Waals surface area contributed by atoms with Gasteiger partial charge in [-0.05, 0) is 37.0 Å². The van der Waals surface area contributed by atoms with Crippen LogP contribution in [0.2, 0.25) is 0 Å². The standard InChI is InChI=1S/C12H21ClO2/c1-11(2,3)9-4-6-12(13,7-5-9)8-10(14)15/h9H,4-8H2,1-3H3,(H,14,15). The fraction of sp³-hybridized carbons (Fsp3) is 0.917. The van der Waals surface area contributed by atoms with Crippen molar-refractivity contribution in [2.24, 2.45) is 11.3 Å². The Kier molecular flexibility index (Phi) is 3.70. The average molecular weight is 233 g/mol. The lowest BCUT2D eigenvalue weighted by Gasteiger charge is -2.40. The van der Waals surface area contributed by atoms with Gasteiger partial charge < -0.3 is 5.11 Å². The largest absolute Gasteiger partial charge is 0.481 e. The quantitative estimate of drug-likeness (QED) is 0.738. The lowest BCUT2D eigenvalue weighted by Crippen LogP contribution is -2.35. The Morgan fingerprint density at radius 3 is 2.20 bits per heavy atom. The minimum Gasteiger partial charge on any atom is -0.481 e. The van der Waals surface area contributed by atoms with Gasteiger partial charge in [0.15, 0.2) is 0 Å². The van der Waals surface area contributed by atoms with E-state index in [1.807, 2.05) is 0 Å². The van der Waals surface area contributed by atoms with Crippen molar-refractivity contribution in [2.45, 2.75) is 57.7 Å². The van der Waals surface area contributed by atoms with Crippen LogP contribution in [0.5, 0.6) is 0 Å². The van der Waals surface area contributed by atoms with Crippen molar-refractivity contribution in [3.8, 4) is 0 Å². The Morgan fingerprint density at radius 2 is 1.87 bits per heavy atom. The fourth-order valence-corrected chi connectivity index (χ4v) is 2.78. The zero-order valence-corrected chi connectivity index (χ0v) is 10.6. The van der Waals surface area contributed by atoms with Crippen LogP contribution in [0.4, 0.5) is 0 Å². The topological polar surface area (TPSA) is 37.3 Å². The molecule has 0 aromatic carbocycles. The summed E-state index contributed by atoms with van der Waals surface area (Å²) in [5, 5.41) is 8.77. The molecule has 0 saturated heterocycles. The number of carboxylic acids is 1.